The summed E-state index contributed by atoms with van der Waals surface area (Å²) in [4.78, 5) is 14.0. The van der Waals surface area contributed by atoms with Crippen LogP contribution in [-0.4, -0.2) is 52.5 Å². The molecule has 0 N–H and O–H groups in total. The van der Waals surface area contributed by atoms with Crippen molar-refractivity contribution in [2.24, 2.45) is 0 Å². The smallest absolute Gasteiger partial charge is 0.496 e. The SMILES string of the molecule is COC(=O)C1=CN(S(=O)(=O)C(F)(F)F)C=CC1c1ccc(N(C)C)cc1OC. The van der Waals surface area contributed by atoms with Gasteiger partial charge in [-0.1, -0.05) is 12.1 Å². The third-order valence-corrected chi connectivity index (χ3v) is 5.45. The van der Waals surface area contributed by atoms with Crippen molar-refractivity contribution in [1.29, 1.82) is 0 Å². The molecule has 0 aromatic heterocycles. The van der Waals surface area contributed by atoms with Crippen LogP contribution in [0.4, 0.5) is 18.9 Å². The van der Waals surface area contributed by atoms with Gasteiger partial charge in [0, 0.05) is 49.7 Å². The number of ether oxygens (including phenoxy) is 2. The van der Waals surface area contributed by atoms with Gasteiger partial charge >= 0.3 is 21.5 Å². The zero-order chi connectivity index (χ0) is 21.3. The van der Waals surface area contributed by atoms with Crippen LogP contribution in [0.2, 0.25) is 0 Å². The monoisotopic (exact) mass is 420 g/mol. The van der Waals surface area contributed by atoms with Gasteiger partial charge in [0.1, 0.15) is 5.75 Å². The lowest BCUT2D eigenvalue weighted by Gasteiger charge is -2.27. The molecule has 1 aliphatic rings. The molecule has 0 aliphatic carbocycles. The molecule has 1 aromatic rings. The van der Waals surface area contributed by atoms with E-state index in [1.165, 1.54) is 13.2 Å². The predicted octanol–water partition coefficient (Wildman–Crippen LogP) is 2.58. The van der Waals surface area contributed by atoms with Crippen LogP contribution in [-0.2, 0) is 19.6 Å². The zero-order valence-electron chi connectivity index (χ0n) is 15.5. The Morgan fingerprint density at radius 1 is 1.21 bits per heavy atom. The Bertz CT molecular complexity index is 923. The van der Waals surface area contributed by atoms with Crippen molar-refractivity contribution in [3.63, 3.8) is 0 Å². The topological polar surface area (TPSA) is 76.2 Å². The minimum Gasteiger partial charge on any atom is -0.496 e. The first-order valence-electron chi connectivity index (χ1n) is 7.87. The fourth-order valence-electron chi connectivity index (χ4n) is 2.61. The number of sulfonamides is 1. The number of carbonyl (C=O) groups is 1. The fourth-order valence-corrected chi connectivity index (χ4v) is 3.33. The molecule has 1 unspecified atom stereocenters. The van der Waals surface area contributed by atoms with E-state index < -0.39 is 27.4 Å². The molecule has 0 bridgehead atoms. The van der Waals surface area contributed by atoms with Crippen LogP contribution < -0.4 is 9.64 Å². The summed E-state index contributed by atoms with van der Waals surface area (Å²) in [6, 6.07) is 5.07. The van der Waals surface area contributed by atoms with Gasteiger partial charge in [-0.25, -0.2) is 9.10 Å². The Kier molecular flexibility index (Phi) is 5.97. The fraction of sp³-hybridized carbons (Fsp3) is 0.353. The first-order chi connectivity index (χ1) is 12.9. The number of benzene rings is 1. The molecular weight excluding hydrogens is 401 g/mol. The van der Waals surface area contributed by atoms with E-state index in [4.69, 9.17) is 4.74 Å². The lowest BCUT2D eigenvalue weighted by molar-refractivity contribution is -0.136. The molecule has 0 saturated heterocycles. The van der Waals surface area contributed by atoms with Gasteiger partial charge in [-0.15, -0.1) is 0 Å². The number of anilines is 1. The molecule has 1 aliphatic heterocycles. The molecule has 0 radical (unpaired) electrons. The van der Waals surface area contributed by atoms with Crippen LogP contribution in [0.5, 0.6) is 5.75 Å². The Balaban J connectivity index is 2.57. The molecule has 0 fully saturated rings. The molecule has 11 heteroatoms. The molecule has 0 saturated carbocycles. The van der Waals surface area contributed by atoms with Crippen LogP contribution in [0.15, 0.2) is 42.2 Å². The van der Waals surface area contributed by atoms with Gasteiger partial charge < -0.3 is 14.4 Å². The number of hydrogen-bond donors (Lipinski definition) is 0. The Morgan fingerprint density at radius 2 is 1.86 bits per heavy atom. The molecular formula is C17H19F3N2O5S. The van der Waals surface area contributed by atoms with Gasteiger partial charge in [0.15, 0.2) is 0 Å². The van der Waals surface area contributed by atoms with Crippen LogP contribution >= 0.6 is 0 Å². The maximum atomic E-state index is 12.9. The number of methoxy groups -OCH3 is 2. The van der Waals surface area contributed by atoms with Gasteiger partial charge in [-0.2, -0.15) is 21.6 Å². The number of allylic oxidation sites excluding steroid dienone is 1. The van der Waals surface area contributed by atoms with Crippen LogP contribution in [0.1, 0.15) is 11.5 Å². The molecule has 28 heavy (non-hydrogen) atoms. The predicted molar refractivity (Wildman–Crippen MR) is 96.1 cm³/mol. The summed E-state index contributed by atoms with van der Waals surface area (Å²) in [5, 5.41) is 0. The molecule has 0 spiro atoms. The number of alkyl halides is 3. The van der Waals surface area contributed by atoms with E-state index in [-0.39, 0.29) is 9.88 Å². The van der Waals surface area contributed by atoms with Crippen molar-refractivity contribution in [3.05, 3.63) is 47.8 Å². The number of carbonyl (C=O) groups excluding carboxylic acids is 1. The summed E-state index contributed by atoms with van der Waals surface area (Å²) >= 11 is 0. The van der Waals surface area contributed by atoms with Gasteiger partial charge in [0.25, 0.3) is 0 Å². The quantitative estimate of drug-likeness (QED) is 0.682. The van der Waals surface area contributed by atoms with E-state index in [9.17, 15) is 26.4 Å². The lowest BCUT2D eigenvalue weighted by atomic mass is 9.89. The Labute approximate surface area is 160 Å². The number of rotatable bonds is 5. The van der Waals surface area contributed by atoms with Gasteiger partial charge in [0.2, 0.25) is 0 Å². The summed E-state index contributed by atoms with van der Waals surface area (Å²) in [7, 11) is 0.398. The number of nitrogens with zero attached hydrogens (tertiary/aromatic N) is 2. The van der Waals surface area contributed by atoms with Crippen molar-refractivity contribution >= 4 is 21.7 Å². The highest BCUT2D eigenvalue weighted by atomic mass is 32.2. The molecule has 7 nitrogen and oxygen atoms in total. The second-order valence-electron chi connectivity index (χ2n) is 6.00. The van der Waals surface area contributed by atoms with E-state index in [0.29, 0.717) is 17.5 Å². The third-order valence-electron chi connectivity index (χ3n) is 4.09. The normalized spacial score (nSPS) is 17.2. The van der Waals surface area contributed by atoms with Crippen molar-refractivity contribution in [3.8, 4) is 5.75 Å². The molecule has 1 aromatic carbocycles. The van der Waals surface area contributed by atoms with E-state index in [1.54, 1.807) is 18.2 Å². The average molecular weight is 420 g/mol. The first kappa shape index (κ1) is 21.6. The van der Waals surface area contributed by atoms with Crippen molar-refractivity contribution in [1.82, 2.24) is 4.31 Å². The average Bonchev–Trinajstić information content (AvgIpc) is 2.65. The van der Waals surface area contributed by atoms with E-state index >= 15 is 0 Å². The first-order valence-corrected chi connectivity index (χ1v) is 9.31. The largest absolute Gasteiger partial charge is 0.517 e. The van der Waals surface area contributed by atoms with Gasteiger partial charge in [-0.3, -0.25) is 0 Å². The standard InChI is InChI=1S/C17H19F3N2O5S/c1-21(2)11-5-6-13(15(9-11)26-3)12-7-8-22(10-14(12)16(23)27-4)28(24,25)17(18,19)20/h5-10,12H,1-4H3. The molecule has 1 heterocycles. The van der Waals surface area contributed by atoms with Crippen LogP contribution in [0.25, 0.3) is 0 Å². The van der Waals surface area contributed by atoms with Crippen molar-refractivity contribution in [2.75, 3.05) is 33.2 Å². The highest BCUT2D eigenvalue weighted by Gasteiger charge is 2.50. The van der Waals surface area contributed by atoms with Gasteiger partial charge in [0.05, 0.1) is 19.8 Å². The third kappa shape index (κ3) is 3.93. The van der Waals surface area contributed by atoms with Crippen molar-refractivity contribution < 1.29 is 35.9 Å². The van der Waals surface area contributed by atoms with Crippen molar-refractivity contribution in [2.45, 2.75) is 11.4 Å². The van der Waals surface area contributed by atoms with Crippen LogP contribution in [0, 0.1) is 0 Å². The van der Waals surface area contributed by atoms with E-state index in [2.05, 4.69) is 4.74 Å². The molecule has 1 atom stereocenters. The lowest BCUT2D eigenvalue weighted by Crippen LogP contribution is -2.36. The second-order valence-corrected chi connectivity index (χ2v) is 7.83. The summed E-state index contributed by atoms with van der Waals surface area (Å²) in [6.45, 7) is 0. The minimum atomic E-state index is -5.69. The summed E-state index contributed by atoms with van der Waals surface area (Å²) < 4.78 is 71.8. The molecule has 2 rings (SSSR count). The minimum absolute atomic E-state index is 0.0452. The van der Waals surface area contributed by atoms with Crippen LogP contribution in [0.3, 0.4) is 0 Å². The highest BCUT2D eigenvalue weighted by Crippen LogP contribution is 2.39. The zero-order valence-corrected chi connectivity index (χ0v) is 16.3. The highest BCUT2D eigenvalue weighted by molar-refractivity contribution is 7.90. The molecule has 154 valence electrons. The maximum Gasteiger partial charge on any atom is 0.517 e. The van der Waals surface area contributed by atoms with Gasteiger partial charge in [-0.05, 0) is 6.07 Å². The number of esters is 1. The van der Waals surface area contributed by atoms with E-state index in [0.717, 1.165) is 19.0 Å². The number of halogens is 3. The maximum absolute atomic E-state index is 12.9. The summed E-state index contributed by atoms with van der Waals surface area (Å²) in [5.74, 6) is -1.45. The van der Waals surface area contributed by atoms with E-state index in [1.807, 2.05) is 19.0 Å². The number of hydrogen-bond acceptors (Lipinski definition) is 6. The Morgan fingerprint density at radius 3 is 2.36 bits per heavy atom. The Hall–Kier alpha value is -2.69. The summed E-state index contributed by atoms with van der Waals surface area (Å²) in [6.07, 6.45) is 2.53. The molecule has 0 amide bonds. The second kappa shape index (κ2) is 7.74. The summed E-state index contributed by atoms with van der Waals surface area (Å²) in [5.41, 5.74) is -4.54.